The van der Waals surface area contributed by atoms with E-state index in [-0.39, 0.29) is 22.4 Å². The van der Waals surface area contributed by atoms with Crippen LogP contribution in [0.25, 0.3) is 0 Å². The molecule has 94 valence electrons. The molecule has 0 aromatic carbocycles. The fourth-order valence-corrected chi connectivity index (χ4v) is 4.62. The molecule has 1 aromatic heterocycles. The van der Waals surface area contributed by atoms with Crippen molar-refractivity contribution in [2.24, 2.45) is 11.7 Å². The molecule has 2 heterocycles. The van der Waals surface area contributed by atoms with Crippen LogP contribution in [-0.4, -0.2) is 24.8 Å². The van der Waals surface area contributed by atoms with Crippen LogP contribution in [0.5, 0.6) is 0 Å². The first-order chi connectivity index (χ1) is 7.89. The van der Waals surface area contributed by atoms with E-state index in [1.165, 1.54) is 6.07 Å². The molecule has 0 amide bonds. The van der Waals surface area contributed by atoms with Gasteiger partial charge in [-0.05, 0) is 17.9 Å². The number of hydrogen-bond acceptors (Lipinski definition) is 6. The van der Waals surface area contributed by atoms with Gasteiger partial charge in [0, 0.05) is 17.5 Å². The summed E-state index contributed by atoms with van der Waals surface area (Å²) >= 11 is 1.02. The third-order valence-corrected chi connectivity index (χ3v) is 5.64. The van der Waals surface area contributed by atoms with Gasteiger partial charge in [0.2, 0.25) is 0 Å². The van der Waals surface area contributed by atoms with Gasteiger partial charge in [0.05, 0.1) is 16.4 Å². The molecule has 0 spiro atoms. The number of rotatable bonds is 3. The minimum Gasteiger partial charge on any atom is -0.324 e. The molecule has 2 N–H and O–H groups in total. The molecule has 1 aliphatic rings. The van der Waals surface area contributed by atoms with Crippen LogP contribution in [0.3, 0.4) is 0 Å². The maximum atomic E-state index is 11.3. The second-order valence-corrected chi connectivity index (χ2v) is 7.28. The van der Waals surface area contributed by atoms with Crippen LogP contribution in [0.2, 0.25) is 0 Å². The molecule has 2 rings (SSSR count). The first kappa shape index (κ1) is 12.5. The molecule has 2 atom stereocenters. The second-order valence-electron chi connectivity index (χ2n) is 4.16. The molecular weight excluding hydrogens is 264 g/mol. The zero-order chi connectivity index (χ0) is 12.6. The van der Waals surface area contributed by atoms with Gasteiger partial charge in [0.1, 0.15) is 0 Å². The highest BCUT2D eigenvalue weighted by atomic mass is 32.2. The smallest absolute Gasteiger partial charge is 0.324 e. The van der Waals surface area contributed by atoms with Crippen molar-refractivity contribution >= 4 is 26.2 Å². The average molecular weight is 276 g/mol. The summed E-state index contributed by atoms with van der Waals surface area (Å²) in [7, 11) is -2.97. The standard InChI is InChI=1S/C9H12N2O4S2/c10-9(6-1-2-17(14,15)5-6)7-3-8(11(12)13)16-4-7/h3-4,6,9H,1-2,5,10H2. The van der Waals surface area contributed by atoms with Gasteiger partial charge in [-0.1, -0.05) is 11.3 Å². The van der Waals surface area contributed by atoms with E-state index in [0.717, 1.165) is 11.3 Å². The van der Waals surface area contributed by atoms with E-state index in [0.29, 0.717) is 12.0 Å². The largest absolute Gasteiger partial charge is 0.324 e. The zero-order valence-electron chi connectivity index (χ0n) is 8.90. The van der Waals surface area contributed by atoms with Crippen LogP contribution in [-0.2, 0) is 9.84 Å². The van der Waals surface area contributed by atoms with Gasteiger partial charge < -0.3 is 5.73 Å². The number of nitrogens with zero attached hydrogens (tertiary/aromatic N) is 1. The van der Waals surface area contributed by atoms with Crippen LogP contribution in [0.1, 0.15) is 18.0 Å². The fraction of sp³-hybridized carbons (Fsp3) is 0.556. The van der Waals surface area contributed by atoms with E-state index in [1.807, 2.05) is 0 Å². The Morgan fingerprint density at radius 3 is 2.76 bits per heavy atom. The van der Waals surface area contributed by atoms with Gasteiger partial charge in [0.15, 0.2) is 9.84 Å². The highest BCUT2D eigenvalue weighted by Crippen LogP contribution is 2.33. The van der Waals surface area contributed by atoms with E-state index in [4.69, 9.17) is 5.73 Å². The zero-order valence-corrected chi connectivity index (χ0v) is 10.5. The quantitative estimate of drug-likeness (QED) is 0.657. The third-order valence-electron chi connectivity index (χ3n) is 2.95. The molecule has 0 saturated carbocycles. The Labute approximate surface area is 103 Å². The minimum atomic E-state index is -2.97. The van der Waals surface area contributed by atoms with Gasteiger partial charge in [-0.25, -0.2) is 8.42 Å². The lowest BCUT2D eigenvalue weighted by Crippen LogP contribution is -2.21. The maximum Gasteiger partial charge on any atom is 0.324 e. The molecule has 1 aliphatic heterocycles. The van der Waals surface area contributed by atoms with Gasteiger partial charge in [0.25, 0.3) is 0 Å². The third kappa shape index (κ3) is 2.64. The summed E-state index contributed by atoms with van der Waals surface area (Å²) in [5.41, 5.74) is 6.61. The molecule has 1 aromatic rings. The van der Waals surface area contributed by atoms with Crippen LogP contribution < -0.4 is 5.73 Å². The minimum absolute atomic E-state index is 0.0382. The van der Waals surface area contributed by atoms with Crippen molar-refractivity contribution in [2.45, 2.75) is 12.5 Å². The van der Waals surface area contributed by atoms with Gasteiger partial charge in [-0.15, -0.1) is 0 Å². The highest BCUT2D eigenvalue weighted by Gasteiger charge is 2.33. The molecule has 1 fully saturated rings. The van der Waals surface area contributed by atoms with Crippen molar-refractivity contribution in [3.63, 3.8) is 0 Å². The van der Waals surface area contributed by atoms with Crippen LogP contribution in [0.4, 0.5) is 5.00 Å². The highest BCUT2D eigenvalue weighted by molar-refractivity contribution is 7.91. The normalized spacial score (nSPS) is 24.6. The fourth-order valence-electron chi connectivity index (χ4n) is 1.99. The number of thiophene rings is 1. The van der Waals surface area contributed by atoms with E-state index in [2.05, 4.69) is 0 Å². The Morgan fingerprint density at radius 2 is 2.29 bits per heavy atom. The number of hydrogen-bond donors (Lipinski definition) is 1. The van der Waals surface area contributed by atoms with Crippen LogP contribution in [0, 0.1) is 16.0 Å². The first-order valence-corrected chi connectivity index (χ1v) is 7.78. The van der Waals surface area contributed by atoms with Crippen molar-refractivity contribution in [3.8, 4) is 0 Å². The monoisotopic (exact) mass is 276 g/mol. The predicted molar refractivity (Wildman–Crippen MR) is 64.7 cm³/mol. The first-order valence-electron chi connectivity index (χ1n) is 5.08. The summed E-state index contributed by atoms with van der Waals surface area (Å²) in [5, 5.41) is 12.2. The lowest BCUT2D eigenvalue weighted by molar-refractivity contribution is -0.380. The summed E-state index contributed by atoms with van der Waals surface area (Å²) in [4.78, 5) is 10.1. The topological polar surface area (TPSA) is 103 Å². The molecule has 6 nitrogen and oxygen atoms in total. The molecule has 1 saturated heterocycles. The van der Waals surface area contributed by atoms with Crippen molar-refractivity contribution in [2.75, 3.05) is 11.5 Å². The molecule has 0 bridgehead atoms. The maximum absolute atomic E-state index is 11.3. The molecular formula is C9H12N2O4S2. The average Bonchev–Trinajstić information content (AvgIpc) is 2.83. The van der Waals surface area contributed by atoms with Gasteiger partial charge in [-0.2, -0.15) is 0 Å². The predicted octanol–water partition coefficient (Wildman–Crippen LogP) is 1.09. The van der Waals surface area contributed by atoms with E-state index in [9.17, 15) is 18.5 Å². The van der Waals surface area contributed by atoms with Crippen LogP contribution >= 0.6 is 11.3 Å². The SMILES string of the molecule is NC(c1csc([N+](=O)[O-])c1)C1CCS(=O)(=O)C1. The number of sulfone groups is 1. The molecule has 8 heteroatoms. The Kier molecular flexibility index (Phi) is 3.19. The van der Waals surface area contributed by atoms with Crippen molar-refractivity contribution in [1.29, 1.82) is 0 Å². The van der Waals surface area contributed by atoms with Crippen molar-refractivity contribution < 1.29 is 13.3 Å². The van der Waals surface area contributed by atoms with E-state index < -0.39 is 20.8 Å². The summed E-state index contributed by atoms with van der Waals surface area (Å²) in [6.45, 7) is 0. The Balaban J connectivity index is 2.14. The van der Waals surface area contributed by atoms with E-state index >= 15 is 0 Å². The molecule has 17 heavy (non-hydrogen) atoms. The van der Waals surface area contributed by atoms with Crippen molar-refractivity contribution in [1.82, 2.24) is 0 Å². The van der Waals surface area contributed by atoms with Gasteiger partial charge >= 0.3 is 5.00 Å². The van der Waals surface area contributed by atoms with Crippen LogP contribution in [0.15, 0.2) is 11.4 Å². The van der Waals surface area contributed by atoms with Crippen molar-refractivity contribution in [3.05, 3.63) is 27.1 Å². The Morgan fingerprint density at radius 1 is 1.59 bits per heavy atom. The van der Waals surface area contributed by atoms with E-state index in [1.54, 1.807) is 5.38 Å². The summed E-state index contributed by atoms with van der Waals surface area (Å²) in [5.74, 6) is 0.115. The lowest BCUT2D eigenvalue weighted by Gasteiger charge is -2.15. The molecule has 2 unspecified atom stereocenters. The Hall–Kier alpha value is -0.990. The number of nitro groups is 1. The summed E-state index contributed by atoms with van der Waals surface area (Å²) < 4.78 is 22.7. The lowest BCUT2D eigenvalue weighted by atomic mass is 9.95. The molecule has 0 radical (unpaired) electrons. The number of nitrogens with two attached hydrogens (primary N) is 1. The second kappa shape index (κ2) is 4.35. The summed E-state index contributed by atoms with van der Waals surface area (Å²) in [6.07, 6.45) is 0.535. The molecule has 0 aliphatic carbocycles. The van der Waals surface area contributed by atoms with Gasteiger partial charge in [-0.3, -0.25) is 10.1 Å². The summed E-state index contributed by atoms with van der Waals surface area (Å²) in [6, 6.07) is 0.998. The Bertz CT molecular complexity index is 537.